The number of hydrogen-bond donors (Lipinski definition) is 2. The predicted molar refractivity (Wildman–Crippen MR) is 130 cm³/mol. The Hall–Kier alpha value is -3.72. The molecule has 0 atom stereocenters. The molecule has 2 N–H and O–H groups in total. The van der Waals surface area contributed by atoms with Crippen LogP contribution in [0.5, 0.6) is 0 Å². The van der Waals surface area contributed by atoms with E-state index in [1.54, 1.807) is 4.90 Å². The van der Waals surface area contributed by atoms with Crippen LogP contribution < -0.4 is 5.32 Å². The lowest BCUT2D eigenvalue weighted by Crippen LogP contribution is -2.39. The van der Waals surface area contributed by atoms with E-state index in [9.17, 15) is 14.4 Å². The highest BCUT2D eigenvalue weighted by Gasteiger charge is 2.30. The number of benzene rings is 2. The van der Waals surface area contributed by atoms with Gasteiger partial charge in [0.25, 0.3) is 5.91 Å². The van der Waals surface area contributed by atoms with Gasteiger partial charge in [-0.15, -0.1) is 11.3 Å². The second-order valence-corrected chi connectivity index (χ2v) is 9.82. The Balaban J connectivity index is 1.13. The maximum Gasteiger partial charge on any atom is 0.407 e. The zero-order valence-corrected chi connectivity index (χ0v) is 19.8. The number of rotatable bonds is 6. The van der Waals surface area contributed by atoms with Gasteiger partial charge >= 0.3 is 12.1 Å². The van der Waals surface area contributed by atoms with Gasteiger partial charge in [-0.25, -0.2) is 9.78 Å². The monoisotopic (exact) mass is 491 g/mol. The molecule has 1 aliphatic carbocycles. The lowest BCUT2D eigenvalue weighted by molar-refractivity contribution is -0.143. The van der Waals surface area contributed by atoms with Crippen molar-refractivity contribution in [2.24, 2.45) is 5.92 Å². The summed E-state index contributed by atoms with van der Waals surface area (Å²) in [5, 5.41) is 12.4. The number of hydrogen-bond acceptors (Lipinski definition) is 6. The average Bonchev–Trinajstić information content (AvgIpc) is 3.49. The van der Waals surface area contributed by atoms with Crippen LogP contribution in [0.4, 0.5) is 4.79 Å². The Labute approximate surface area is 206 Å². The number of aromatic nitrogens is 1. The Morgan fingerprint density at radius 2 is 1.66 bits per heavy atom. The van der Waals surface area contributed by atoms with E-state index < -0.39 is 18.0 Å². The molecule has 1 fully saturated rings. The van der Waals surface area contributed by atoms with Gasteiger partial charge in [-0.05, 0) is 35.1 Å². The summed E-state index contributed by atoms with van der Waals surface area (Å²) in [6.45, 7) is 1.23. The first kappa shape index (κ1) is 23.0. The lowest BCUT2D eigenvalue weighted by Gasteiger charge is -2.29. The van der Waals surface area contributed by atoms with E-state index in [-0.39, 0.29) is 25.0 Å². The zero-order chi connectivity index (χ0) is 24.4. The number of likely N-dealkylation sites (tertiary alicyclic amines) is 1. The minimum atomic E-state index is -0.809. The van der Waals surface area contributed by atoms with Crippen molar-refractivity contribution in [2.75, 3.05) is 19.7 Å². The summed E-state index contributed by atoms with van der Waals surface area (Å²) in [4.78, 5) is 42.6. The summed E-state index contributed by atoms with van der Waals surface area (Å²) in [6, 6.07) is 16.3. The maximum atomic E-state index is 12.7. The first-order valence-corrected chi connectivity index (χ1v) is 12.4. The number of thiazole rings is 1. The van der Waals surface area contributed by atoms with Gasteiger partial charge in [-0.2, -0.15) is 0 Å². The van der Waals surface area contributed by atoms with E-state index in [0.717, 1.165) is 11.1 Å². The molecule has 180 valence electrons. The van der Waals surface area contributed by atoms with Gasteiger partial charge in [-0.1, -0.05) is 48.5 Å². The smallest absolute Gasteiger partial charge is 0.407 e. The van der Waals surface area contributed by atoms with E-state index >= 15 is 0 Å². The van der Waals surface area contributed by atoms with Crippen molar-refractivity contribution in [1.82, 2.24) is 15.2 Å². The SMILES string of the molecule is O=C(NCc1ncc(C(=O)N2CCC(C(=O)O)CC2)s1)OCC1c2ccccc2-c2ccccc21. The van der Waals surface area contributed by atoms with Gasteiger partial charge in [0.15, 0.2) is 0 Å². The molecule has 8 nitrogen and oxygen atoms in total. The molecule has 5 rings (SSSR count). The van der Waals surface area contributed by atoms with Crippen molar-refractivity contribution in [3.8, 4) is 11.1 Å². The fourth-order valence-corrected chi connectivity index (χ4v) is 5.60. The number of carboxylic acids is 1. The normalized spacial score (nSPS) is 15.4. The molecule has 9 heteroatoms. The molecule has 1 aliphatic heterocycles. The summed E-state index contributed by atoms with van der Waals surface area (Å²) >= 11 is 1.22. The highest BCUT2D eigenvalue weighted by molar-refractivity contribution is 7.13. The number of carbonyl (C=O) groups excluding carboxylic acids is 2. The molecule has 0 radical (unpaired) electrons. The lowest BCUT2D eigenvalue weighted by atomic mass is 9.97. The predicted octanol–water partition coefficient (Wildman–Crippen LogP) is 4.12. The van der Waals surface area contributed by atoms with Gasteiger partial charge in [0.2, 0.25) is 0 Å². The molecule has 0 spiro atoms. The number of carbonyl (C=O) groups is 3. The van der Waals surface area contributed by atoms with Crippen molar-refractivity contribution in [1.29, 1.82) is 0 Å². The number of alkyl carbamates (subject to hydrolysis) is 1. The fraction of sp³-hybridized carbons (Fsp3) is 0.308. The Morgan fingerprint density at radius 1 is 1.03 bits per heavy atom. The van der Waals surface area contributed by atoms with Crippen LogP contribution in [0.2, 0.25) is 0 Å². The van der Waals surface area contributed by atoms with E-state index in [2.05, 4.69) is 34.6 Å². The molecule has 2 aromatic carbocycles. The molecule has 35 heavy (non-hydrogen) atoms. The third-order valence-corrected chi connectivity index (χ3v) is 7.61. The van der Waals surface area contributed by atoms with Gasteiger partial charge in [-0.3, -0.25) is 9.59 Å². The van der Waals surface area contributed by atoms with Crippen LogP contribution in [-0.2, 0) is 16.1 Å². The fourth-order valence-electron chi connectivity index (χ4n) is 4.77. The molecule has 1 aromatic heterocycles. The first-order valence-electron chi connectivity index (χ1n) is 11.6. The van der Waals surface area contributed by atoms with Crippen molar-refractivity contribution < 1.29 is 24.2 Å². The van der Waals surface area contributed by atoms with Crippen molar-refractivity contribution >= 4 is 29.3 Å². The first-order chi connectivity index (χ1) is 17.0. The average molecular weight is 492 g/mol. The highest BCUT2D eigenvalue weighted by Crippen LogP contribution is 2.44. The number of ether oxygens (including phenoxy) is 1. The third-order valence-electron chi connectivity index (χ3n) is 6.62. The molecule has 3 aromatic rings. The number of amides is 2. The molecule has 2 amide bonds. The zero-order valence-electron chi connectivity index (χ0n) is 19.0. The van der Waals surface area contributed by atoms with Crippen molar-refractivity contribution in [2.45, 2.75) is 25.3 Å². The largest absolute Gasteiger partial charge is 0.481 e. The number of piperidine rings is 1. The minimum Gasteiger partial charge on any atom is -0.481 e. The summed E-state index contributed by atoms with van der Waals surface area (Å²) in [7, 11) is 0. The Kier molecular flexibility index (Phi) is 6.50. The summed E-state index contributed by atoms with van der Waals surface area (Å²) in [5.41, 5.74) is 4.64. The molecular formula is C26H25N3O5S. The van der Waals surface area contributed by atoms with Gasteiger partial charge in [0.05, 0.1) is 18.7 Å². The Morgan fingerprint density at radius 3 is 2.29 bits per heavy atom. The summed E-state index contributed by atoms with van der Waals surface area (Å²) in [6.07, 6.45) is 1.88. The van der Waals surface area contributed by atoms with Crippen LogP contribution in [0.25, 0.3) is 11.1 Å². The summed E-state index contributed by atoms with van der Waals surface area (Å²) in [5.74, 6) is -1.37. The van der Waals surface area contributed by atoms with Crippen LogP contribution in [0.15, 0.2) is 54.7 Å². The molecule has 2 heterocycles. The highest BCUT2D eigenvalue weighted by atomic mass is 32.1. The van der Waals surface area contributed by atoms with E-state index in [1.807, 2.05) is 24.3 Å². The van der Waals surface area contributed by atoms with Gasteiger partial charge < -0.3 is 20.1 Å². The maximum absolute atomic E-state index is 12.7. The third kappa shape index (κ3) is 4.77. The van der Waals surface area contributed by atoms with Crippen LogP contribution >= 0.6 is 11.3 Å². The van der Waals surface area contributed by atoms with Crippen molar-refractivity contribution in [3.05, 3.63) is 75.7 Å². The molecular weight excluding hydrogens is 466 g/mol. The number of nitrogens with one attached hydrogen (secondary N) is 1. The standard InChI is InChI=1S/C26H25N3O5S/c30-24(29-11-9-16(10-12-29)25(31)32)22-13-27-23(35-22)14-28-26(33)34-15-21-19-7-3-1-5-17(19)18-6-2-4-8-20(18)21/h1-8,13,16,21H,9-12,14-15H2,(H,28,33)(H,31,32). The molecule has 0 bridgehead atoms. The second kappa shape index (κ2) is 9.87. The molecule has 0 unspecified atom stereocenters. The molecule has 2 aliphatic rings. The van der Waals surface area contributed by atoms with E-state index in [1.165, 1.54) is 28.7 Å². The topological polar surface area (TPSA) is 109 Å². The minimum absolute atomic E-state index is 0.0116. The quantitative estimate of drug-likeness (QED) is 0.537. The number of carboxylic acid groups (broad SMARTS) is 1. The molecule has 0 saturated carbocycles. The van der Waals surface area contributed by atoms with Crippen molar-refractivity contribution in [3.63, 3.8) is 0 Å². The van der Waals surface area contributed by atoms with E-state index in [0.29, 0.717) is 35.8 Å². The summed E-state index contributed by atoms with van der Waals surface area (Å²) < 4.78 is 5.54. The van der Waals surface area contributed by atoms with Crippen LogP contribution in [0.3, 0.4) is 0 Å². The van der Waals surface area contributed by atoms with E-state index in [4.69, 9.17) is 9.84 Å². The number of nitrogens with zero attached hydrogens (tertiary/aromatic N) is 2. The van der Waals surface area contributed by atoms with Crippen LogP contribution in [0, 0.1) is 5.92 Å². The van der Waals surface area contributed by atoms with Gasteiger partial charge in [0.1, 0.15) is 16.5 Å². The Bertz CT molecular complexity index is 1220. The van der Waals surface area contributed by atoms with Crippen LogP contribution in [0.1, 0.15) is 44.6 Å². The number of aliphatic carboxylic acids is 1. The molecule has 1 saturated heterocycles. The van der Waals surface area contributed by atoms with Crippen LogP contribution in [-0.4, -0.2) is 52.7 Å². The number of fused-ring (bicyclic) bond motifs is 3. The second-order valence-electron chi connectivity index (χ2n) is 8.70. The van der Waals surface area contributed by atoms with Gasteiger partial charge in [0, 0.05) is 19.0 Å².